The van der Waals surface area contributed by atoms with Crippen LogP contribution >= 0.6 is 0 Å². The van der Waals surface area contributed by atoms with Crippen LogP contribution in [0.3, 0.4) is 0 Å². The maximum absolute atomic E-state index is 13.5. The first kappa shape index (κ1) is 32.5. The Morgan fingerprint density at radius 2 is 1.68 bits per heavy atom. The van der Waals surface area contributed by atoms with Gasteiger partial charge in [-0.3, -0.25) is 14.4 Å². The minimum atomic E-state index is -4.38. The highest BCUT2D eigenvalue weighted by Crippen LogP contribution is 2.28. The molecule has 0 aliphatic carbocycles. The van der Waals surface area contributed by atoms with Crippen LogP contribution in [0.15, 0.2) is 83.9 Å². The van der Waals surface area contributed by atoms with Crippen LogP contribution in [0.1, 0.15) is 55.5 Å². The number of carbonyl (C=O) groups is 3. The van der Waals surface area contributed by atoms with Crippen molar-refractivity contribution in [3.63, 3.8) is 0 Å². The fourth-order valence-electron chi connectivity index (χ4n) is 5.21. The van der Waals surface area contributed by atoms with Crippen LogP contribution in [0.4, 0.5) is 5.69 Å². The number of nitrogens with one attached hydrogen (secondary N) is 1. The van der Waals surface area contributed by atoms with Gasteiger partial charge in [0, 0.05) is 28.9 Å². The fourth-order valence-corrected chi connectivity index (χ4v) is 6.78. The number of Topliss-reactive ketones (excluding diaryl/α,β-unsaturated/α-hetero) is 1. The summed E-state index contributed by atoms with van der Waals surface area (Å²) >= 11 is 0. The van der Waals surface area contributed by atoms with Crippen LogP contribution in [0.2, 0.25) is 0 Å². The summed E-state index contributed by atoms with van der Waals surface area (Å²) in [5, 5.41) is 1.98. The van der Waals surface area contributed by atoms with Gasteiger partial charge in [-0.1, -0.05) is 63.1 Å². The number of amides is 1. The number of fused-ring (bicyclic) bond motifs is 1. The molecule has 44 heavy (non-hydrogen) atoms. The Balaban J connectivity index is 1.61. The highest BCUT2D eigenvalue weighted by atomic mass is 32.2. The van der Waals surface area contributed by atoms with E-state index in [1.54, 1.807) is 12.1 Å². The van der Waals surface area contributed by atoms with Gasteiger partial charge in [-0.2, -0.15) is 0 Å². The molecule has 0 aliphatic heterocycles. The molecular weight excluding hydrogens is 580 g/mol. The molecule has 4 aromatic rings. The Morgan fingerprint density at radius 1 is 0.932 bits per heavy atom. The summed E-state index contributed by atoms with van der Waals surface area (Å²) in [7, 11) is -1.88. The second-order valence-electron chi connectivity index (χ2n) is 10.6. The third-order valence-electron chi connectivity index (χ3n) is 7.76. The Hall–Kier alpha value is -4.44. The molecule has 2 atom stereocenters. The van der Waals surface area contributed by atoms with Gasteiger partial charge in [0.05, 0.1) is 31.2 Å². The van der Waals surface area contributed by atoms with Crippen LogP contribution in [-0.2, 0) is 30.7 Å². The number of anilines is 1. The predicted molar refractivity (Wildman–Crippen MR) is 170 cm³/mol. The number of nitrogens with zero attached hydrogens (tertiary/aromatic N) is 1. The molecular formula is C34H38N2O7S. The molecule has 1 amide bonds. The van der Waals surface area contributed by atoms with Crippen molar-refractivity contribution in [3.8, 4) is 5.75 Å². The van der Waals surface area contributed by atoms with E-state index in [4.69, 9.17) is 9.47 Å². The molecule has 0 spiro atoms. The Labute approximate surface area is 258 Å². The molecule has 0 fully saturated rings. The highest BCUT2D eigenvalue weighted by Gasteiger charge is 2.42. The zero-order valence-corrected chi connectivity index (χ0v) is 26.2. The second kappa shape index (κ2) is 14.4. The molecule has 4 rings (SSSR count). The van der Waals surface area contributed by atoms with Crippen LogP contribution in [0.25, 0.3) is 10.9 Å². The van der Waals surface area contributed by atoms with Crippen molar-refractivity contribution < 1.29 is 32.3 Å². The number of hydrogen-bond acceptors (Lipinski definition) is 7. The maximum Gasteiger partial charge on any atom is 0.332 e. The zero-order chi connectivity index (χ0) is 31.9. The van der Waals surface area contributed by atoms with Gasteiger partial charge in [-0.15, -0.1) is 0 Å². The molecule has 0 saturated carbocycles. The summed E-state index contributed by atoms with van der Waals surface area (Å²) in [5.41, 5.74) is 2.32. The number of ketones is 1. The van der Waals surface area contributed by atoms with E-state index in [-0.39, 0.29) is 22.3 Å². The molecule has 1 heterocycles. The van der Waals surface area contributed by atoms with Crippen molar-refractivity contribution >= 4 is 44.1 Å². The van der Waals surface area contributed by atoms with Crippen LogP contribution in [0, 0.1) is 5.92 Å². The number of rotatable bonds is 14. The molecule has 1 aromatic heterocycles. The largest absolute Gasteiger partial charge is 0.496 e. The minimum absolute atomic E-state index is 0.00331. The van der Waals surface area contributed by atoms with Gasteiger partial charge in [-0.05, 0) is 54.6 Å². The summed E-state index contributed by atoms with van der Waals surface area (Å²) in [5.74, 6) is -1.75. The number of esters is 1. The SMILES string of the molecule is CCCCC(CC)C(=O)Nc1ccc2ccn(Cc3ccc(C(=O)C(C(=O)OC)S(=O)(=O)c4ccccc4)cc3OC)c2c1. The molecule has 0 radical (unpaired) electrons. The highest BCUT2D eigenvalue weighted by molar-refractivity contribution is 7.93. The third kappa shape index (κ3) is 7.02. The fraction of sp³-hybridized carbons (Fsp3) is 0.324. The molecule has 0 aliphatic rings. The summed E-state index contributed by atoms with van der Waals surface area (Å²) in [6, 6.07) is 19.7. The topological polar surface area (TPSA) is 121 Å². The number of hydrogen-bond donors (Lipinski definition) is 1. The van der Waals surface area contributed by atoms with Crippen molar-refractivity contribution in [1.29, 1.82) is 0 Å². The molecule has 9 nitrogen and oxygen atoms in total. The van der Waals surface area contributed by atoms with Crippen molar-refractivity contribution in [3.05, 3.63) is 90.1 Å². The van der Waals surface area contributed by atoms with E-state index >= 15 is 0 Å². The van der Waals surface area contributed by atoms with Gasteiger partial charge in [0.15, 0.2) is 15.6 Å². The summed E-state index contributed by atoms with van der Waals surface area (Å²) in [6.45, 7) is 4.51. The maximum atomic E-state index is 13.5. The quantitative estimate of drug-likeness (QED) is 0.104. The number of carbonyl (C=O) groups excluding carboxylic acids is 3. The lowest BCUT2D eigenvalue weighted by Gasteiger charge is -2.17. The van der Waals surface area contributed by atoms with Crippen molar-refractivity contribution in [2.45, 2.75) is 56.2 Å². The van der Waals surface area contributed by atoms with Gasteiger partial charge in [0.1, 0.15) is 5.75 Å². The number of methoxy groups -OCH3 is 2. The smallest absolute Gasteiger partial charge is 0.332 e. The van der Waals surface area contributed by atoms with Gasteiger partial charge in [-0.25, -0.2) is 8.42 Å². The number of ether oxygens (including phenoxy) is 2. The van der Waals surface area contributed by atoms with E-state index < -0.39 is 26.8 Å². The second-order valence-corrected chi connectivity index (χ2v) is 12.6. The van der Waals surface area contributed by atoms with Gasteiger partial charge >= 0.3 is 5.97 Å². The molecule has 10 heteroatoms. The van der Waals surface area contributed by atoms with Crippen molar-refractivity contribution in [2.24, 2.45) is 5.92 Å². The molecule has 3 aromatic carbocycles. The predicted octanol–water partition coefficient (Wildman–Crippen LogP) is 6.05. The lowest BCUT2D eigenvalue weighted by molar-refractivity contribution is -0.139. The summed E-state index contributed by atoms with van der Waals surface area (Å²) < 4.78 is 38.9. The normalized spacial score (nSPS) is 12.8. The third-order valence-corrected chi connectivity index (χ3v) is 9.72. The van der Waals surface area contributed by atoms with Crippen molar-refractivity contribution in [1.82, 2.24) is 4.57 Å². The lowest BCUT2D eigenvalue weighted by Crippen LogP contribution is -2.39. The van der Waals surface area contributed by atoms with Gasteiger partial charge in [0.2, 0.25) is 11.2 Å². The van der Waals surface area contributed by atoms with E-state index in [2.05, 4.69) is 12.2 Å². The van der Waals surface area contributed by atoms with Crippen LogP contribution < -0.4 is 10.1 Å². The zero-order valence-electron chi connectivity index (χ0n) is 25.4. The lowest BCUT2D eigenvalue weighted by atomic mass is 9.98. The van der Waals surface area contributed by atoms with E-state index in [9.17, 15) is 22.8 Å². The molecule has 1 N–H and O–H groups in total. The number of aromatic nitrogens is 1. The average Bonchev–Trinajstić information content (AvgIpc) is 3.43. The molecule has 2 unspecified atom stereocenters. The Kier molecular flexibility index (Phi) is 10.6. The van der Waals surface area contributed by atoms with Gasteiger partial charge in [0.25, 0.3) is 0 Å². The van der Waals surface area contributed by atoms with Crippen molar-refractivity contribution in [2.75, 3.05) is 19.5 Å². The summed E-state index contributed by atoms with van der Waals surface area (Å²) in [6.07, 6.45) is 5.60. The molecule has 232 valence electrons. The Bertz CT molecular complexity index is 1750. The summed E-state index contributed by atoms with van der Waals surface area (Å²) in [4.78, 5) is 38.9. The first-order valence-electron chi connectivity index (χ1n) is 14.6. The standard InChI is InChI=1S/C34H38N2O7S/c1-5-7-11-23(6-2)33(38)35-27-17-16-24-18-19-36(29(24)21-27)22-26-15-14-25(20-30(26)42-3)31(37)32(34(39)43-4)44(40,41)28-12-9-8-10-13-28/h8-10,12-21,23,32H,5-7,11,22H2,1-4H3,(H,35,38). The molecule has 0 saturated heterocycles. The monoisotopic (exact) mass is 618 g/mol. The Morgan fingerprint density at radius 3 is 2.34 bits per heavy atom. The number of benzene rings is 3. The first-order valence-corrected chi connectivity index (χ1v) is 16.2. The number of unbranched alkanes of at least 4 members (excludes halogenated alkanes) is 1. The van der Waals surface area contributed by atoms with E-state index in [0.29, 0.717) is 18.0 Å². The van der Waals surface area contributed by atoms with Gasteiger partial charge < -0.3 is 19.4 Å². The number of sulfone groups is 1. The first-order chi connectivity index (χ1) is 21.1. The van der Waals surface area contributed by atoms with Crippen LogP contribution in [0.5, 0.6) is 5.75 Å². The molecule has 0 bridgehead atoms. The van der Waals surface area contributed by atoms with Crippen LogP contribution in [-0.4, -0.2) is 50.1 Å². The van der Waals surface area contributed by atoms with E-state index in [1.807, 2.05) is 42.0 Å². The average molecular weight is 619 g/mol. The minimum Gasteiger partial charge on any atom is -0.496 e. The van der Waals surface area contributed by atoms with E-state index in [0.717, 1.165) is 49.3 Å². The van der Waals surface area contributed by atoms with E-state index in [1.165, 1.54) is 43.5 Å².